The van der Waals surface area contributed by atoms with Crippen molar-refractivity contribution < 1.29 is 9.53 Å². The number of hydrogen-bond acceptors (Lipinski definition) is 5. The first kappa shape index (κ1) is 11.2. The largest absolute Gasteiger partial charge is 0.461 e. The van der Waals surface area contributed by atoms with Gasteiger partial charge in [0.1, 0.15) is 12.0 Å². The van der Waals surface area contributed by atoms with E-state index in [4.69, 9.17) is 10.5 Å². The summed E-state index contributed by atoms with van der Waals surface area (Å²) >= 11 is 0. The van der Waals surface area contributed by atoms with Crippen LogP contribution in [0.1, 0.15) is 18.3 Å². The summed E-state index contributed by atoms with van der Waals surface area (Å²) in [5.41, 5.74) is 6.95. The van der Waals surface area contributed by atoms with Gasteiger partial charge in [-0.25, -0.2) is 14.8 Å². The first-order chi connectivity index (χ1) is 7.13. The van der Waals surface area contributed by atoms with E-state index in [0.29, 0.717) is 12.3 Å². The molecule has 0 unspecified atom stereocenters. The molecule has 15 heavy (non-hydrogen) atoms. The van der Waals surface area contributed by atoms with Gasteiger partial charge in [0.05, 0.1) is 12.3 Å². The molecule has 0 atom stereocenters. The molecule has 80 valence electrons. The lowest BCUT2D eigenvalue weighted by Crippen LogP contribution is -2.14. The zero-order valence-electron chi connectivity index (χ0n) is 8.73. The van der Waals surface area contributed by atoms with Crippen molar-refractivity contribution >= 4 is 12.0 Å². The van der Waals surface area contributed by atoms with E-state index in [-0.39, 0.29) is 5.70 Å². The fourth-order valence-electron chi connectivity index (χ4n) is 0.987. The highest BCUT2D eigenvalue weighted by Crippen LogP contribution is 2.02. The minimum atomic E-state index is -0.534. The lowest BCUT2D eigenvalue weighted by atomic mass is 10.3. The number of hydrogen-bond donors (Lipinski definition) is 1. The van der Waals surface area contributed by atoms with Crippen LogP contribution in [0.25, 0.3) is 6.08 Å². The van der Waals surface area contributed by atoms with Crippen LogP contribution in [-0.2, 0) is 9.53 Å². The van der Waals surface area contributed by atoms with Gasteiger partial charge < -0.3 is 10.5 Å². The number of aryl methyl sites for hydroxylation is 1. The van der Waals surface area contributed by atoms with Gasteiger partial charge in [0.15, 0.2) is 0 Å². The Hall–Kier alpha value is -1.91. The summed E-state index contributed by atoms with van der Waals surface area (Å²) in [4.78, 5) is 19.1. The average Bonchev–Trinajstić information content (AvgIpc) is 2.18. The van der Waals surface area contributed by atoms with Gasteiger partial charge in [0, 0.05) is 5.69 Å². The van der Waals surface area contributed by atoms with Crippen LogP contribution in [0, 0.1) is 6.92 Å². The van der Waals surface area contributed by atoms with Crippen molar-refractivity contribution in [2.45, 2.75) is 13.8 Å². The Morgan fingerprint density at radius 1 is 1.60 bits per heavy atom. The van der Waals surface area contributed by atoms with E-state index >= 15 is 0 Å². The van der Waals surface area contributed by atoms with Gasteiger partial charge >= 0.3 is 5.97 Å². The van der Waals surface area contributed by atoms with Crippen molar-refractivity contribution in [3.63, 3.8) is 0 Å². The Balaban J connectivity index is 2.82. The van der Waals surface area contributed by atoms with Gasteiger partial charge in [-0.1, -0.05) is 0 Å². The molecule has 0 aliphatic rings. The average molecular weight is 207 g/mol. The van der Waals surface area contributed by atoms with Crippen molar-refractivity contribution in [2.24, 2.45) is 5.73 Å². The van der Waals surface area contributed by atoms with Gasteiger partial charge in [0.25, 0.3) is 0 Å². The van der Waals surface area contributed by atoms with Crippen LogP contribution in [-0.4, -0.2) is 22.5 Å². The number of carbonyl (C=O) groups is 1. The van der Waals surface area contributed by atoms with Gasteiger partial charge in [-0.2, -0.15) is 0 Å². The molecule has 2 N–H and O–H groups in total. The second kappa shape index (κ2) is 5.09. The van der Waals surface area contributed by atoms with Gasteiger partial charge in [0.2, 0.25) is 0 Å². The molecule has 5 heteroatoms. The predicted molar refractivity (Wildman–Crippen MR) is 55.6 cm³/mol. The fourth-order valence-corrected chi connectivity index (χ4v) is 0.987. The Kier molecular flexibility index (Phi) is 3.79. The van der Waals surface area contributed by atoms with Gasteiger partial charge in [-0.15, -0.1) is 0 Å². The van der Waals surface area contributed by atoms with E-state index in [1.807, 2.05) is 6.92 Å². The van der Waals surface area contributed by atoms with Crippen LogP contribution in [0.3, 0.4) is 0 Å². The lowest BCUT2D eigenvalue weighted by Gasteiger charge is -2.01. The number of aromatic nitrogens is 2. The SMILES string of the molecule is CCOC(=O)/C(N)=C/c1cc(C)ncn1. The van der Waals surface area contributed by atoms with Crippen LogP contribution in [0.4, 0.5) is 0 Å². The first-order valence-corrected chi connectivity index (χ1v) is 4.56. The first-order valence-electron chi connectivity index (χ1n) is 4.56. The molecule has 1 aromatic heterocycles. The molecular weight excluding hydrogens is 194 g/mol. The summed E-state index contributed by atoms with van der Waals surface area (Å²) < 4.78 is 4.73. The van der Waals surface area contributed by atoms with E-state index in [1.54, 1.807) is 13.0 Å². The van der Waals surface area contributed by atoms with E-state index in [9.17, 15) is 4.79 Å². The molecule has 0 aromatic carbocycles. The molecule has 1 rings (SSSR count). The highest BCUT2D eigenvalue weighted by atomic mass is 16.5. The number of nitrogens with two attached hydrogens (primary N) is 1. The maximum absolute atomic E-state index is 11.2. The summed E-state index contributed by atoms with van der Waals surface area (Å²) in [7, 11) is 0. The van der Waals surface area contributed by atoms with Crippen LogP contribution in [0.2, 0.25) is 0 Å². The summed E-state index contributed by atoms with van der Waals surface area (Å²) in [5, 5.41) is 0. The lowest BCUT2D eigenvalue weighted by molar-refractivity contribution is -0.138. The second-order valence-electron chi connectivity index (χ2n) is 2.90. The molecule has 0 fully saturated rings. The van der Waals surface area contributed by atoms with Crippen molar-refractivity contribution in [2.75, 3.05) is 6.61 Å². The quantitative estimate of drug-likeness (QED) is 0.581. The van der Waals surface area contributed by atoms with Crippen LogP contribution in [0.15, 0.2) is 18.1 Å². The predicted octanol–water partition coefficient (Wildman–Crippen LogP) is 0.648. The molecule has 1 aromatic rings. The van der Waals surface area contributed by atoms with E-state index in [2.05, 4.69) is 9.97 Å². The summed E-state index contributed by atoms with van der Waals surface area (Å²) in [6, 6.07) is 1.73. The molecule has 0 saturated heterocycles. The number of ether oxygens (including phenoxy) is 1. The zero-order valence-corrected chi connectivity index (χ0v) is 8.73. The minimum Gasteiger partial charge on any atom is -0.461 e. The molecule has 1 heterocycles. The summed E-state index contributed by atoms with van der Waals surface area (Å²) in [6.45, 7) is 3.86. The molecule has 0 aliphatic carbocycles. The smallest absolute Gasteiger partial charge is 0.354 e. The highest BCUT2D eigenvalue weighted by Gasteiger charge is 2.05. The number of rotatable bonds is 3. The molecule has 0 aliphatic heterocycles. The molecular formula is C10H13N3O2. The number of carbonyl (C=O) groups excluding carboxylic acids is 1. The summed E-state index contributed by atoms with van der Waals surface area (Å²) in [6.07, 6.45) is 2.88. The molecule has 0 radical (unpaired) electrons. The van der Waals surface area contributed by atoms with Crippen molar-refractivity contribution in [3.05, 3.63) is 29.5 Å². The minimum absolute atomic E-state index is 0.0370. The van der Waals surface area contributed by atoms with Gasteiger partial charge in [-0.3, -0.25) is 0 Å². The molecule has 0 saturated carbocycles. The third-order valence-corrected chi connectivity index (χ3v) is 1.64. The molecule has 5 nitrogen and oxygen atoms in total. The Morgan fingerprint density at radius 2 is 2.33 bits per heavy atom. The second-order valence-corrected chi connectivity index (χ2v) is 2.90. The summed E-state index contributed by atoms with van der Waals surface area (Å²) in [5.74, 6) is -0.534. The normalized spacial score (nSPS) is 11.2. The molecule has 0 spiro atoms. The molecule has 0 amide bonds. The van der Waals surface area contributed by atoms with Crippen LogP contribution in [0.5, 0.6) is 0 Å². The monoisotopic (exact) mass is 207 g/mol. The van der Waals surface area contributed by atoms with Crippen LogP contribution < -0.4 is 5.73 Å². The Labute approximate surface area is 88.0 Å². The Bertz CT molecular complexity index is 388. The van der Waals surface area contributed by atoms with Gasteiger partial charge in [-0.05, 0) is 26.0 Å². The maximum Gasteiger partial charge on any atom is 0.354 e. The zero-order chi connectivity index (χ0) is 11.3. The maximum atomic E-state index is 11.2. The van der Waals surface area contributed by atoms with Crippen molar-refractivity contribution in [1.82, 2.24) is 9.97 Å². The third-order valence-electron chi connectivity index (χ3n) is 1.64. The fraction of sp³-hybridized carbons (Fsp3) is 0.300. The highest BCUT2D eigenvalue weighted by molar-refractivity contribution is 5.92. The van der Waals surface area contributed by atoms with E-state index < -0.39 is 5.97 Å². The Morgan fingerprint density at radius 3 is 2.93 bits per heavy atom. The molecule has 0 bridgehead atoms. The van der Waals surface area contributed by atoms with Crippen molar-refractivity contribution in [1.29, 1.82) is 0 Å². The van der Waals surface area contributed by atoms with E-state index in [0.717, 1.165) is 5.69 Å². The topological polar surface area (TPSA) is 78.1 Å². The number of nitrogens with zero attached hydrogens (tertiary/aromatic N) is 2. The van der Waals surface area contributed by atoms with E-state index in [1.165, 1.54) is 12.4 Å². The van der Waals surface area contributed by atoms with Crippen LogP contribution >= 0.6 is 0 Å². The third kappa shape index (κ3) is 3.38. The van der Waals surface area contributed by atoms with Crippen molar-refractivity contribution in [3.8, 4) is 0 Å². The standard InChI is InChI=1S/C10H13N3O2/c1-3-15-10(14)9(11)5-8-4-7(2)12-6-13-8/h4-6H,3,11H2,1-2H3/b9-5-. The number of esters is 1.